The van der Waals surface area contributed by atoms with Crippen molar-refractivity contribution < 1.29 is 9.59 Å². The van der Waals surface area contributed by atoms with E-state index in [1.807, 2.05) is 12.1 Å². The number of fused-ring (bicyclic) bond motifs is 3. The molecule has 0 aliphatic carbocycles. The zero-order valence-electron chi connectivity index (χ0n) is 10.3. The summed E-state index contributed by atoms with van der Waals surface area (Å²) in [5.41, 5.74) is 2.43. The summed E-state index contributed by atoms with van der Waals surface area (Å²) in [5.74, 6) is 0. The molecule has 2 bridgehead atoms. The highest BCUT2D eigenvalue weighted by Crippen LogP contribution is 2.23. The minimum absolute atomic E-state index is 0.148. The molecule has 3 heteroatoms. The highest BCUT2D eigenvalue weighted by molar-refractivity contribution is 5.21. The average molecular weight is 233 g/mol. The van der Waals surface area contributed by atoms with Crippen molar-refractivity contribution in [2.24, 2.45) is 0 Å². The van der Waals surface area contributed by atoms with Crippen LogP contribution in [0.2, 0.25) is 0 Å². The maximum absolute atomic E-state index is 9.04. The Kier molecular flexibility index (Phi) is 2.90. The molecule has 0 aromatic heterocycles. The summed E-state index contributed by atoms with van der Waals surface area (Å²) in [6, 6.07) is 8.46. The molecule has 3 fully saturated rings. The summed E-state index contributed by atoms with van der Waals surface area (Å²) in [5, 5.41) is 9.04. The van der Waals surface area contributed by atoms with E-state index in [0.29, 0.717) is 0 Å². The van der Waals surface area contributed by atoms with Gasteiger partial charge in [0.1, 0.15) is 6.54 Å². The van der Waals surface area contributed by atoms with E-state index in [4.69, 9.17) is 5.11 Å². The SMILES string of the molecule is OCc1ccc(C[N+]23CCN(CC2)CC3)cc1. The minimum Gasteiger partial charge on any atom is -0.392 e. The molecule has 0 spiro atoms. The van der Waals surface area contributed by atoms with Crippen LogP contribution >= 0.6 is 0 Å². The standard InChI is InChI=1S/C14H21N2O/c17-12-14-3-1-13(2-4-14)11-16-8-5-15(6-9-16)7-10-16/h1-4,17H,5-12H2/q+1. The Morgan fingerprint density at radius 1 is 0.941 bits per heavy atom. The minimum atomic E-state index is 0.148. The predicted octanol–water partition coefficient (Wildman–Crippen LogP) is 0.825. The largest absolute Gasteiger partial charge is 0.392 e. The second-order valence-electron chi connectivity index (χ2n) is 5.49. The second-order valence-corrected chi connectivity index (χ2v) is 5.49. The van der Waals surface area contributed by atoms with Gasteiger partial charge in [0.2, 0.25) is 0 Å². The van der Waals surface area contributed by atoms with Crippen LogP contribution in [0.15, 0.2) is 24.3 Å². The van der Waals surface area contributed by atoms with E-state index in [2.05, 4.69) is 17.0 Å². The van der Waals surface area contributed by atoms with Crippen molar-refractivity contribution in [3.63, 3.8) is 0 Å². The van der Waals surface area contributed by atoms with Gasteiger partial charge in [0.15, 0.2) is 0 Å². The molecule has 1 N–H and O–H groups in total. The van der Waals surface area contributed by atoms with Crippen molar-refractivity contribution in [1.82, 2.24) is 4.90 Å². The molecule has 0 saturated carbocycles. The second kappa shape index (κ2) is 4.41. The summed E-state index contributed by atoms with van der Waals surface area (Å²) in [4.78, 5) is 2.58. The molecular weight excluding hydrogens is 212 g/mol. The fourth-order valence-corrected chi connectivity index (χ4v) is 3.11. The van der Waals surface area contributed by atoms with E-state index < -0.39 is 0 Å². The van der Waals surface area contributed by atoms with Gasteiger partial charge in [-0.25, -0.2) is 0 Å². The van der Waals surface area contributed by atoms with Crippen LogP contribution in [0.4, 0.5) is 0 Å². The van der Waals surface area contributed by atoms with Crippen LogP contribution < -0.4 is 0 Å². The number of quaternary nitrogens is 1. The molecule has 4 rings (SSSR count). The molecule has 0 radical (unpaired) electrons. The summed E-state index contributed by atoms with van der Waals surface area (Å²) in [6.07, 6.45) is 0. The molecule has 1 aromatic rings. The summed E-state index contributed by atoms with van der Waals surface area (Å²) >= 11 is 0. The van der Waals surface area contributed by atoms with Crippen molar-refractivity contribution in [1.29, 1.82) is 0 Å². The Balaban J connectivity index is 1.72. The molecule has 3 aliphatic rings. The van der Waals surface area contributed by atoms with Crippen molar-refractivity contribution >= 4 is 0 Å². The average Bonchev–Trinajstić information content (AvgIpc) is 2.41. The Hall–Kier alpha value is -0.900. The third-order valence-corrected chi connectivity index (χ3v) is 4.40. The third-order valence-electron chi connectivity index (χ3n) is 4.40. The van der Waals surface area contributed by atoms with Gasteiger partial charge in [-0.05, 0) is 5.56 Å². The van der Waals surface area contributed by atoms with E-state index >= 15 is 0 Å². The first-order chi connectivity index (χ1) is 8.30. The van der Waals surface area contributed by atoms with Gasteiger partial charge in [0.25, 0.3) is 0 Å². The third kappa shape index (κ3) is 2.23. The highest BCUT2D eigenvalue weighted by atomic mass is 16.3. The van der Waals surface area contributed by atoms with Crippen molar-refractivity contribution in [2.45, 2.75) is 13.2 Å². The van der Waals surface area contributed by atoms with Crippen LogP contribution in [0.5, 0.6) is 0 Å². The molecule has 3 heterocycles. The quantitative estimate of drug-likeness (QED) is 0.782. The van der Waals surface area contributed by atoms with Gasteiger partial charge in [-0.1, -0.05) is 24.3 Å². The maximum Gasteiger partial charge on any atom is 0.104 e. The van der Waals surface area contributed by atoms with Gasteiger partial charge in [0, 0.05) is 25.2 Å². The van der Waals surface area contributed by atoms with Gasteiger partial charge in [-0.3, -0.25) is 4.90 Å². The van der Waals surface area contributed by atoms with E-state index in [1.54, 1.807) is 0 Å². The van der Waals surface area contributed by atoms with Crippen LogP contribution in [0.25, 0.3) is 0 Å². The van der Waals surface area contributed by atoms with E-state index in [9.17, 15) is 0 Å². The van der Waals surface area contributed by atoms with Gasteiger partial charge in [-0.2, -0.15) is 0 Å². The first-order valence-corrected chi connectivity index (χ1v) is 6.56. The van der Waals surface area contributed by atoms with Crippen molar-refractivity contribution in [2.75, 3.05) is 39.3 Å². The van der Waals surface area contributed by atoms with Gasteiger partial charge < -0.3 is 9.59 Å². The lowest BCUT2D eigenvalue weighted by molar-refractivity contribution is -0.953. The molecule has 0 atom stereocenters. The molecule has 3 saturated heterocycles. The smallest absolute Gasteiger partial charge is 0.104 e. The molecular formula is C14H21N2O+. The molecule has 1 aromatic carbocycles. The van der Waals surface area contributed by atoms with Crippen molar-refractivity contribution in [3.8, 4) is 0 Å². The first kappa shape index (κ1) is 11.2. The van der Waals surface area contributed by atoms with Crippen LogP contribution in [-0.2, 0) is 13.2 Å². The van der Waals surface area contributed by atoms with Gasteiger partial charge in [0.05, 0.1) is 26.2 Å². The number of nitrogens with zero attached hydrogens (tertiary/aromatic N) is 2. The molecule has 3 nitrogen and oxygen atoms in total. The number of aliphatic hydroxyl groups is 1. The number of benzene rings is 1. The summed E-state index contributed by atoms with van der Waals surface area (Å²) in [6.45, 7) is 9.05. The fourth-order valence-electron chi connectivity index (χ4n) is 3.11. The maximum atomic E-state index is 9.04. The van der Waals surface area contributed by atoms with Crippen molar-refractivity contribution in [3.05, 3.63) is 35.4 Å². The number of piperazine rings is 3. The van der Waals surface area contributed by atoms with Gasteiger partial charge >= 0.3 is 0 Å². The molecule has 0 amide bonds. The lowest BCUT2D eigenvalue weighted by atomic mass is 10.1. The fraction of sp³-hybridized carbons (Fsp3) is 0.571. The Bertz CT molecular complexity index is 366. The zero-order valence-corrected chi connectivity index (χ0v) is 10.3. The predicted molar refractivity (Wildman–Crippen MR) is 67.4 cm³/mol. The van der Waals surface area contributed by atoms with Crippen LogP contribution in [0, 0.1) is 0 Å². The Morgan fingerprint density at radius 2 is 1.47 bits per heavy atom. The highest BCUT2D eigenvalue weighted by Gasteiger charge is 2.38. The topological polar surface area (TPSA) is 23.5 Å². The monoisotopic (exact) mass is 233 g/mol. The van der Waals surface area contributed by atoms with Gasteiger partial charge in [-0.15, -0.1) is 0 Å². The van der Waals surface area contributed by atoms with E-state index in [0.717, 1.165) is 5.56 Å². The first-order valence-electron chi connectivity index (χ1n) is 6.56. The number of rotatable bonds is 3. The normalized spacial score (nSPS) is 31.7. The van der Waals surface area contributed by atoms with Crippen LogP contribution in [0.1, 0.15) is 11.1 Å². The lowest BCUT2D eigenvalue weighted by Gasteiger charge is -2.50. The molecule has 17 heavy (non-hydrogen) atoms. The molecule has 92 valence electrons. The van der Waals surface area contributed by atoms with Crippen LogP contribution in [0.3, 0.4) is 0 Å². The number of hydrogen-bond donors (Lipinski definition) is 1. The number of hydrogen-bond acceptors (Lipinski definition) is 2. The van der Waals surface area contributed by atoms with E-state index in [1.165, 1.54) is 55.9 Å². The zero-order chi connectivity index (χ0) is 11.7. The summed E-state index contributed by atoms with van der Waals surface area (Å²) < 4.78 is 1.27. The molecule has 3 aliphatic heterocycles. The van der Waals surface area contributed by atoms with E-state index in [-0.39, 0.29) is 6.61 Å². The lowest BCUT2D eigenvalue weighted by Crippen LogP contribution is -2.66. The summed E-state index contributed by atoms with van der Waals surface area (Å²) in [7, 11) is 0. The Labute approximate surface area is 103 Å². The van der Waals surface area contributed by atoms with Crippen LogP contribution in [-0.4, -0.2) is 53.8 Å². The number of aliphatic hydroxyl groups excluding tert-OH is 1. The molecule has 0 unspecified atom stereocenters. The Morgan fingerprint density at radius 3 is 2.00 bits per heavy atom.